The van der Waals surface area contributed by atoms with Crippen LogP contribution in [0.1, 0.15) is 29.8 Å². The number of benzene rings is 1. The van der Waals surface area contributed by atoms with E-state index < -0.39 is 10.0 Å². The van der Waals surface area contributed by atoms with E-state index in [2.05, 4.69) is 10.3 Å². The summed E-state index contributed by atoms with van der Waals surface area (Å²) in [6.07, 6.45) is 1.83. The van der Waals surface area contributed by atoms with Crippen molar-refractivity contribution >= 4 is 10.0 Å². The third-order valence-corrected chi connectivity index (χ3v) is 4.18. The Morgan fingerprint density at radius 2 is 2.05 bits per heavy atom. The van der Waals surface area contributed by atoms with Crippen LogP contribution in [0.15, 0.2) is 47.5 Å². The van der Waals surface area contributed by atoms with Crippen molar-refractivity contribution in [1.29, 1.82) is 0 Å². The number of nitrogens with zero attached hydrogens (tertiary/aromatic N) is 1. The molecule has 2 aromatic rings. The number of primary sulfonamides is 1. The average molecular weight is 305 g/mol. The summed E-state index contributed by atoms with van der Waals surface area (Å²) in [6, 6.07) is 10.6. The minimum Gasteiger partial charge on any atom is -0.306 e. The molecule has 112 valence electrons. The number of nitrogens with two attached hydrogens (primary N) is 1. The molecule has 1 heterocycles. The van der Waals surface area contributed by atoms with Gasteiger partial charge in [-0.25, -0.2) is 13.6 Å². The molecule has 0 aliphatic rings. The first-order valence-corrected chi connectivity index (χ1v) is 8.18. The van der Waals surface area contributed by atoms with Crippen LogP contribution in [0.25, 0.3) is 0 Å². The summed E-state index contributed by atoms with van der Waals surface area (Å²) in [5.74, 6) is 0. The van der Waals surface area contributed by atoms with Crippen molar-refractivity contribution in [1.82, 2.24) is 10.3 Å². The molecule has 0 saturated carbocycles. The van der Waals surface area contributed by atoms with E-state index in [-0.39, 0.29) is 10.9 Å². The smallest absolute Gasteiger partial charge is 0.238 e. The lowest BCUT2D eigenvalue weighted by atomic mass is 10.1. The fourth-order valence-corrected chi connectivity index (χ4v) is 2.52. The molecule has 6 heteroatoms. The fraction of sp³-hybridized carbons (Fsp3) is 0.267. The zero-order chi connectivity index (χ0) is 15.5. The van der Waals surface area contributed by atoms with Crippen molar-refractivity contribution in [2.45, 2.75) is 31.3 Å². The van der Waals surface area contributed by atoms with Crippen molar-refractivity contribution in [2.24, 2.45) is 5.14 Å². The van der Waals surface area contributed by atoms with Crippen molar-refractivity contribution < 1.29 is 8.42 Å². The lowest BCUT2D eigenvalue weighted by molar-refractivity contribution is 0.571. The van der Waals surface area contributed by atoms with Gasteiger partial charge in [0, 0.05) is 24.5 Å². The van der Waals surface area contributed by atoms with Gasteiger partial charge in [0.15, 0.2) is 0 Å². The molecule has 0 aliphatic carbocycles. The van der Waals surface area contributed by atoms with E-state index in [4.69, 9.17) is 5.14 Å². The van der Waals surface area contributed by atoms with Gasteiger partial charge in [-0.2, -0.15) is 0 Å². The standard InChI is InChI=1S/C15H19N3O2S/c1-11-6-7-13(9-17-11)10-18-12(2)14-4-3-5-15(8-14)21(16,19)20/h3-9,12,18H,10H2,1-2H3,(H2,16,19,20). The van der Waals surface area contributed by atoms with Crippen LogP contribution in [0.2, 0.25) is 0 Å². The van der Waals surface area contributed by atoms with Crippen LogP contribution in [-0.2, 0) is 16.6 Å². The van der Waals surface area contributed by atoms with Crippen LogP contribution in [0.5, 0.6) is 0 Å². The van der Waals surface area contributed by atoms with Crippen molar-refractivity contribution in [3.63, 3.8) is 0 Å². The van der Waals surface area contributed by atoms with Gasteiger partial charge in [-0.3, -0.25) is 4.98 Å². The zero-order valence-electron chi connectivity index (χ0n) is 12.1. The molecule has 2 rings (SSSR count). The molecule has 0 radical (unpaired) electrons. The van der Waals surface area contributed by atoms with E-state index in [9.17, 15) is 8.42 Å². The van der Waals surface area contributed by atoms with Gasteiger partial charge in [-0.05, 0) is 43.2 Å². The molecule has 0 bridgehead atoms. The first kappa shape index (κ1) is 15.6. The molecule has 21 heavy (non-hydrogen) atoms. The second-order valence-corrected chi connectivity index (χ2v) is 6.59. The van der Waals surface area contributed by atoms with E-state index in [1.165, 1.54) is 6.07 Å². The summed E-state index contributed by atoms with van der Waals surface area (Å²) in [5.41, 5.74) is 2.93. The summed E-state index contributed by atoms with van der Waals surface area (Å²) in [5, 5.41) is 8.49. The molecular weight excluding hydrogens is 286 g/mol. The molecule has 1 aromatic carbocycles. The molecule has 1 aromatic heterocycles. The quantitative estimate of drug-likeness (QED) is 0.883. The van der Waals surface area contributed by atoms with Crippen molar-refractivity contribution in [3.8, 4) is 0 Å². The zero-order valence-corrected chi connectivity index (χ0v) is 12.9. The minimum absolute atomic E-state index is 0.00741. The highest BCUT2D eigenvalue weighted by Crippen LogP contribution is 2.17. The Bertz CT molecular complexity index is 712. The van der Waals surface area contributed by atoms with Gasteiger partial charge in [-0.1, -0.05) is 18.2 Å². The minimum atomic E-state index is -3.67. The van der Waals surface area contributed by atoms with Gasteiger partial charge in [0.25, 0.3) is 0 Å². The predicted octanol–water partition coefficient (Wildman–Crippen LogP) is 1.89. The van der Waals surface area contributed by atoms with Crippen molar-refractivity contribution in [2.75, 3.05) is 0 Å². The normalized spacial score (nSPS) is 13.1. The summed E-state index contributed by atoms with van der Waals surface area (Å²) in [6.45, 7) is 4.58. The van der Waals surface area contributed by atoms with Gasteiger partial charge in [0.2, 0.25) is 10.0 Å². The van der Waals surface area contributed by atoms with E-state index in [0.717, 1.165) is 16.8 Å². The molecular formula is C15H19N3O2S. The van der Waals surface area contributed by atoms with Crippen LogP contribution >= 0.6 is 0 Å². The van der Waals surface area contributed by atoms with Gasteiger partial charge in [-0.15, -0.1) is 0 Å². The van der Waals surface area contributed by atoms with Crippen LogP contribution < -0.4 is 10.5 Å². The number of sulfonamides is 1. The molecule has 0 saturated heterocycles. The Balaban J connectivity index is 2.06. The summed E-state index contributed by atoms with van der Waals surface area (Å²) in [4.78, 5) is 4.37. The monoisotopic (exact) mass is 305 g/mol. The third-order valence-electron chi connectivity index (χ3n) is 3.27. The highest BCUT2D eigenvalue weighted by atomic mass is 32.2. The molecule has 0 aliphatic heterocycles. The number of aryl methyl sites for hydroxylation is 1. The average Bonchev–Trinajstić information content (AvgIpc) is 2.45. The van der Waals surface area contributed by atoms with Crippen LogP contribution in [0.4, 0.5) is 0 Å². The highest BCUT2D eigenvalue weighted by Gasteiger charge is 2.11. The molecule has 0 fully saturated rings. The summed E-state index contributed by atoms with van der Waals surface area (Å²) in [7, 11) is -3.67. The first-order valence-electron chi connectivity index (χ1n) is 6.64. The molecule has 1 unspecified atom stereocenters. The van der Waals surface area contributed by atoms with Crippen LogP contribution in [0.3, 0.4) is 0 Å². The van der Waals surface area contributed by atoms with Gasteiger partial charge in [0.1, 0.15) is 0 Å². The molecule has 5 nitrogen and oxygen atoms in total. The largest absolute Gasteiger partial charge is 0.306 e. The summed E-state index contributed by atoms with van der Waals surface area (Å²) < 4.78 is 22.7. The number of aromatic nitrogens is 1. The molecule has 1 atom stereocenters. The fourth-order valence-electron chi connectivity index (χ4n) is 1.95. The Kier molecular flexibility index (Phi) is 4.72. The second-order valence-electron chi connectivity index (χ2n) is 5.03. The number of nitrogens with one attached hydrogen (secondary N) is 1. The van der Waals surface area contributed by atoms with E-state index >= 15 is 0 Å². The van der Waals surface area contributed by atoms with Gasteiger partial charge < -0.3 is 5.32 Å². The maximum absolute atomic E-state index is 11.4. The molecule has 3 N–H and O–H groups in total. The van der Waals surface area contributed by atoms with E-state index in [1.54, 1.807) is 12.1 Å². The van der Waals surface area contributed by atoms with E-state index in [0.29, 0.717) is 6.54 Å². The Morgan fingerprint density at radius 3 is 2.67 bits per heavy atom. The maximum Gasteiger partial charge on any atom is 0.238 e. The number of hydrogen-bond acceptors (Lipinski definition) is 4. The van der Waals surface area contributed by atoms with Crippen LogP contribution in [0, 0.1) is 6.92 Å². The van der Waals surface area contributed by atoms with Gasteiger partial charge >= 0.3 is 0 Å². The second kappa shape index (κ2) is 6.34. The molecule has 0 spiro atoms. The highest BCUT2D eigenvalue weighted by molar-refractivity contribution is 7.89. The van der Waals surface area contributed by atoms with E-state index in [1.807, 2.05) is 38.2 Å². The Hall–Kier alpha value is -1.76. The topological polar surface area (TPSA) is 85.1 Å². The number of pyridine rings is 1. The predicted molar refractivity (Wildman–Crippen MR) is 82.0 cm³/mol. The first-order chi connectivity index (χ1) is 9.86. The lowest BCUT2D eigenvalue weighted by Gasteiger charge is -2.15. The number of hydrogen-bond donors (Lipinski definition) is 2. The van der Waals surface area contributed by atoms with Gasteiger partial charge in [0.05, 0.1) is 4.90 Å². The SMILES string of the molecule is Cc1ccc(CNC(C)c2cccc(S(N)(=O)=O)c2)cn1. The van der Waals surface area contributed by atoms with Crippen molar-refractivity contribution in [3.05, 3.63) is 59.4 Å². The van der Waals surface area contributed by atoms with Crippen LogP contribution in [-0.4, -0.2) is 13.4 Å². The summed E-state index contributed by atoms with van der Waals surface area (Å²) >= 11 is 0. The number of rotatable bonds is 5. The maximum atomic E-state index is 11.4. The molecule has 0 amide bonds. The third kappa shape index (κ3) is 4.35. The Labute approximate surface area is 125 Å². The lowest BCUT2D eigenvalue weighted by Crippen LogP contribution is -2.19. The Morgan fingerprint density at radius 1 is 1.29 bits per heavy atom.